The molecule has 0 aromatic heterocycles. The van der Waals surface area contributed by atoms with Gasteiger partial charge >= 0.3 is 11.9 Å². The van der Waals surface area contributed by atoms with Crippen LogP contribution in [0.15, 0.2) is 0 Å². The molecular formula is C27H53NO4. The van der Waals surface area contributed by atoms with Gasteiger partial charge in [-0.15, -0.1) is 0 Å². The molecule has 0 rings (SSSR count). The number of carboxylic acid groups (broad SMARTS) is 2. The van der Waals surface area contributed by atoms with E-state index in [0.717, 1.165) is 12.8 Å². The summed E-state index contributed by atoms with van der Waals surface area (Å²) in [5.74, 6) is -1.91. The van der Waals surface area contributed by atoms with Crippen molar-refractivity contribution in [2.75, 3.05) is 6.54 Å². The molecule has 0 saturated heterocycles. The molecule has 0 spiro atoms. The van der Waals surface area contributed by atoms with Crippen molar-refractivity contribution >= 4 is 11.9 Å². The third-order valence-electron chi connectivity index (χ3n) is 6.37. The monoisotopic (exact) mass is 455 g/mol. The molecule has 190 valence electrons. The highest BCUT2D eigenvalue weighted by molar-refractivity contribution is 5.75. The highest BCUT2D eigenvalue weighted by Crippen LogP contribution is 2.14. The highest BCUT2D eigenvalue weighted by Gasteiger charge is 2.17. The number of hydrogen-bond acceptors (Lipinski definition) is 3. The maximum absolute atomic E-state index is 11.1. The Morgan fingerprint density at radius 3 is 1.25 bits per heavy atom. The van der Waals surface area contributed by atoms with E-state index in [1.54, 1.807) is 0 Å². The van der Waals surface area contributed by atoms with E-state index in [1.165, 1.54) is 116 Å². The van der Waals surface area contributed by atoms with E-state index < -0.39 is 18.0 Å². The summed E-state index contributed by atoms with van der Waals surface area (Å²) in [4.78, 5) is 21.7. The van der Waals surface area contributed by atoms with E-state index in [2.05, 4.69) is 12.2 Å². The van der Waals surface area contributed by atoms with Gasteiger partial charge in [0, 0.05) is 6.42 Å². The van der Waals surface area contributed by atoms with Crippen molar-refractivity contribution in [3.63, 3.8) is 0 Å². The van der Waals surface area contributed by atoms with E-state index in [9.17, 15) is 9.59 Å². The quantitative estimate of drug-likeness (QED) is 0.116. The van der Waals surface area contributed by atoms with Crippen molar-refractivity contribution in [3.05, 3.63) is 0 Å². The number of carboxylic acids is 2. The second kappa shape index (κ2) is 24.5. The first kappa shape index (κ1) is 30.9. The van der Waals surface area contributed by atoms with Gasteiger partial charge in [-0.3, -0.25) is 9.59 Å². The van der Waals surface area contributed by atoms with Crippen molar-refractivity contribution in [3.8, 4) is 0 Å². The van der Waals surface area contributed by atoms with Crippen LogP contribution in [0.1, 0.15) is 148 Å². The molecule has 0 aromatic rings. The molecular weight excluding hydrogens is 402 g/mol. The molecule has 0 aliphatic carbocycles. The zero-order valence-electron chi connectivity index (χ0n) is 21.1. The molecule has 0 fully saturated rings. The molecule has 0 radical (unpaired) electrons. The predicted octanol–water partition coefficient (Wildman–Crippen LogP) is 7.72. The molecule has 0 aromatic carbocycles. The van der Waals surface area contributed by atoms with Gasteiger partial charge in [-0.25, -0.2) is 0 Å². The maximum Gasteiger partial charge on any atom is 0.320 e. The first-order valence-corrected chi connectivity index (χ1v) is 13.8. The largest absolute Gasteiger partial charge is 0.481 e. The van der Waals surface area contributed by atoms with E-state index in [1.807, 2.05) is 0 Å². The number of unbranched alkanes of at least 4 members (excludes halogenated alkanes) is 19. The molecule has 1 atom stereocenters. The molecule has 0 aliphatic rings. The summed E-state index contributed by atoms with van der Waals surface area (Å²) in [6.45, 7) is 2.93. The number of nitrogens with one attached hydrogen (secondary N) is 1. The van der Waals surface area contributed by atoms with Gasteiger partial charge in [0.2, 0.25) is 0 Å². The van der Waals surface area contributed by atoms with Gasteiger partial charge in [-0.1, -0.05) is 129 Å². The standard InChI is InChI=1S/C27H53NO4/c1-2-3-4-5-6-7-8-9-10-11-12-13-14-15-16-17-18-19-20-21-24-28-25(27(31)32)22-23-26(29)30/h25,28H,2-24H2,1H3,(H,29,30)(H,31,32)/t25-/m0/s1. The van der Waals surface area contributed by atoms with Crippen LogP contribution in [0.25, 0.3) is 0 Å². The minimum Gasteiger partial charge on any atom is -0.481 e. The minimum atomic E-state index is -0.959. The summed E-state index contributed by atoms with van der Waals surface area (Å²) in [7, 11) is 0. The second-order valence-electron chi connectivity index (χ2n) is 9.49. The third-order valence-corrected chi connectivity index (χ3v) is 6.37. The van der Waals surface area contributed by atoms with Crippen LogP contribution in [0.2, 0.25) is 0 Å². The summed E-state index contributed by atoms with van der Waals surface area (Å²) in [6.07, 6.45) is 27.0. The average Bonchev–Trinajstić information content (AvgIpc) is 2.76. The van der Waals surface area contributed by atoms with Crippen molar-refractivity contribution < 1.29 is 19.8 Å². The zero-order chi connectivity index (χ0) is 23.7. The Bertz CT molecular complexity index is 428. The lowest BCUT2D eigenvalue weighted by Gasteiger charge is -2.13. The number of carbonyl (C=O) groups is 2. The highest BCUT2D eigenvalue weighted by atomic mass is 16.4. The van der Waals surface area contributed by atoms with Crippen molar-refractivity contribution in [2.45, 2.75) is 154 Å². The Hall–Kier alpha value is -1.10. The molecule has 32 heavy (non-hydrogen) atoms. The van der Waals surface area contributed by atoms with Crippen molar-refractivity contribution in [1.82, 2.24) is 5.32 Å². The summed E-state index contributed by atoms with van der Waals surface area (Å²) in [5, 5.41) is 20.7. The van der Waals surface area contributed by atoms with Crippen LogP contribution in [-0.4, -0.2) is 34.7 Å². The summed E-state index contributed by atoms with van der Waals surface area (Å²) >= 11 is 0. The Morgan fingerprint density at radius 1 is 0.594 bits per heavy atom. The molecule has 5 heteroatoms. The first-order valence-electron chi connectivity index (χ1n) is 13.8. The Kier molecular flexibility index (Phi) is 23.7. The van der Waals surface area contributed by atoms with Crippen molar-refractivity contribution in [1.29, 1.82) is 0 Å². The van der Waals surface area contributed by atoms with Gasteiger partial charge in [0.25, 0.3) is 0 Å². The normalized spacial score (nSPS) is 12.2. The Morgan fingerprint density at radius 2 is 0.938 bits per heavy atom. The van der Waals surface area contributed by atoms with Gasteiger partial charge in [-0.2, -0.15) is 0 Å². The van der Waals surface area contributed by atoms with Crippen LogP contribution in [0, 0.1) is 0 Å². The van der Waals surface area contributed by atoms with Crippen LogP contribution in [0.4, 0.5) is 0 Å². The Labute approximate surface area is 198 Å². The molecule has 3 N–H and O–H groups in total. The van der Waals surface area contributed by atoms with Crippen LogP contribution < -0.4 is 5.32 Å². The topological polar surface area (TPSA) is 86.6 Å². The summed E-state index contributed by atoms with van der Waals surface area (Å²) < 4.78 is 0. The van der Waals surface area contributed by atoms with Gasteiger partial charge < -0.3 is 15.5 Å². The predicted molar refractivity (Wildman–Crippen MR) is 134 cm³/mol. The minimum absolute atomic E-state index is 0.108. The van der Waals surface area contributed by atoms with Gasteiger partial charge in [0.15, 0.2) is 0 Å². The fourth-order valence-electron chi connectivity index (χ4n) is 4.24. The van der Waals surface area contributed by atoms with E-state index in [-0.39, 0.29) is 12.8 Å². The molecule has 0 aliphatic heterocycles. The van der Waals surface area contributed by atoms with Crippen molar-refractivity contribution in [2.24, 2.45) is 0 Å². The smallest absolute Gasteiger partial charge is 0.320 e. The average molecular weight is 456 g/mol. The second-order valence-corrected chi connectivity index (χ2v) is 9.49. The number of rotatable bonds is 26. The van der Waals surface area contributed by atoms with Crippen LogP contribution in [-0.2, 0) is 9.59 Å². The first-order chi connectivity index (χ1) is 15.6. The fraction of sp³-hybridized carbons (Fsp3) is 0.926. The lowest BCUT2D eigenvalue weighted by molar-refractivity contribution is -0.140. The van der Waals surface area contributed by atoms with E-state index >= 15 is 0 Å². The van der Waals surface area contributed by atoms with Gasteiger partial charge in [-0.05, 0) is 19.4 Å². The molecule has 0 unspecified atom stereocenters. The number of aliphatic carboxylic acids is 2. The molecule has 5 nitrogen and oxygen atoms in total. The number of hydrogen-bond donors (Lipinski definition) is 3. The fourth-order valence-corrected chi connectivity index (χ4v) is 4.24. The van der Waals surface area contributed by atoms with Crippen LogP contribution >= 0.6 is 0 Å². The van der Waals surface area contributed by atoms with E-state index in [4.69, 9.17) is 10.2 Å². The SMILES string of the molecule is CCCCCCCCCCCCCCCCCCCCCCN[C@@H](CCC(=O)O)C(=O)O. The Balaban J connectivity index is 3.23. The lowest BCUT2D eigenvalue weighted by atomic mass is 10.0. The van der Waals surface area contributed by atoms with Gasteiger partial charge in [0.05, 0.1) is 0 Å². The van der Waals surface area contributed by atoms with Crippen LogP contribution in [0.5, 0.6) is 0 Å². The zero-order valence-corrected chi connectivity index (χ0v) is 21.1. The maximum atomic E-state index is 11.1. The molecule has 0 heterocycles. The molecule has 0 amide bonds. The molecule has 0 saturated carbocycles. The summed E-state index contributed by atoms with van der Waals surface area (Å²) in [5.41, 5.74) is 0. The van der Waals surface area contributed by atoms with Crippen LogP contribution in [0.3, 0.4) is 0 Å². The lowest BCUT2D eigenvalue weighted by Crippen LogP contribution is -2.37. The molecule has 0 bridgehead atoms. The van der Waals surface area contributed by atoms with E-state index in [0.29, 0.717) is 6.54 Å². The van der Waals surface area contributed by atoms with Gasteiger partial charge in [0.1, 0.15) is 6.04 Å². The summed E-state index contributed by atoms with van der Waals surface area (Å²) in [6, 6.07) is -0.744. The third kappa shape index (κ3) is 23.6.